The van der Waals surface area contributed by atoms with Gasteiger partial charge < -0.3 is 4.57 Å². The number of hydrogen-bond donors (Lipinski definition) is 0. The van der Waals surface area contributed by atoms with E-state index in [2.05, 4.69) is 151 Å². The highest BCUT2D eigenvalue weighted by Crippen LogP contribution is 2.50. The van der Waals surface area contributed by atoms with E-state index in [1.165, 1.54) is 71.4 Å². The number of aromatic nitrogens is 1. The highest BCUT2D eigenvalue weighted by atomic mass is 35.5. The topological polar surface area (TPSA) is 42.5 Å². The third-order valence-corrected chi connectivity index (χ3v) is 12.3. The monoisotopic (exact) mass is 730 g/mol. The Morgan fingerprint density at radius 3 is 2.41 bits per heavy atom. The van der Waals surface area contributed by atoms with Crippen LogP contribution in [0.4, 0.5) is 0 Å². The second kappa shape index (κ2) is 14.8. The molecule has 0 N–H and O–H groups in total. The molecule has 3 heterocycles. The molecule has 0 radical (unpaired) electrons. The predicted molar refractivity (Wildman–Crippen MR) is 219 cm³/mol. The average molecular weight is 731 g/mol. The number of rotatable bonds is 9. The molecule has 0 atom stereocenters. The third kappa shape index (κ3) is 6.90. The van der Waals surface area contributed by atoms with Crippen molar-refractivity contribution in [2.24, 2.45) is 0 Å². The van der Waals surface area contributed by atoms with Crippen molar-refractivity contribution in [1.29, 1.82) is 0 Å². The molecular weight excluding hydrogens is 690 g/mol. The molecule has 0 unspecified atom stereocenters. The molecule has 0 amide bonds. The van der Waals surface area contributed by atoms with Gasteiger partial charge in [-0.05, 0) is 115 Å². The summed E-state index contributed by atoms with van der Waals surface area (Å²) in [7, 11) is 0. The summed E-state index contributed by atoms with van der Waals surface area (Å²) in [6, 6.07) is 25.6. The second-order valence-electron chi connectivity index (χ2n) is 13.8. The van der Waals surface area contributed by atoms with Gasteiger partial charge in [0.15, 0.2) is 0 Å². The van der Waals surface area contributed by atoms with Gasteiger partial charge in [-0.1, -0.05) is 123 Å². The van der Waals surface area contributed by atoms with Crippen LogP contribution in [-0.4, -0.2) is 4.57 Å². The Kier molecular flexibility index (Phi) is 10.2. The lowest BCUT2D eigenvalue weighted by Crippen LogP contribution is -2.17. The van der Waals surface area contributed by atoms with Crippen LogP contribution in [0.3, 0.4) is 0 Å². The maximum absolute atomic E-state index is 10.5. The Morgan fingerprint density at radius 2 is 1.71 bits per heavy atom. The highest BCUT2D eigenvalue weighted by Gasteiger charge is 2.41. The van der Waals surface area contributed by atoms with Gasteiger partial charge in [-0.3, -0.25) is 0 Å². The Hall–Kier alpha value is -4.23. The van der Waals surface area contributed by atoms with Crippen molar-refractivity contribution in [3.05, 3.63) is 179 Å². The molecule has 7 rings (SSSR count). The molecule has 0 spiro atoms. The van der Waals surface area contributed by atoms with Crippen LogP contribution in [0.15, 0.2) is 130 Å². The number of aryl methyl sites for hydroxylation is 1. The van der Waals surface area contributed by atoms with Crippen molar-refractivity contribution in [3.63, 3.8) is 0 Å². The summed E-state index contributed by atoms with van der Waals surface area (Å²) in [6.07, 6.45) is 17.3. The molecule has 4 aromatic rings. The van der Waals surface area contributed by atoms with Crippen LogP contribution in [0.25, 0.3) is 21.6 Å². The van der Waals surface area contributed by atoms with Crippen LogP contribution in [0, 0.1) is 23.6 Å². The first kappa shape index (κ1) is 35.2. The SMILES string of the molecule is CCc1c(C)c(C=C2CCCC(C=CC=C3C=C(c4ccccc4)SC(c4ccc(C)cc4)=C3)=C2Cl)c2n1-c1ccc(SO[O+]=O)cc1C2(C)C. The molecular formula is C44H41ClNO3S2+. The van der Waals surface area contributed by atoms with Crippen LogP contribution >= 0.6 is 35.4 Å². The maximum Gasteiger partial charge on any atom is 0.391 e. The summed E-state index contributed by atoms with van der Waals surface area (Å²) >= 11 is 10.0. The van der Waals surface area contributed by atoms with Crippen LogP contribution in [-0.2, 0) is 16.2 Å². The fraction of sp³-hybridized carbons (Fsp3) is 0.227. The summed E-state index contributed by atoms with van der Waals surface area (Å²) in [5.41, 5.74) is 14.4. The van der Waals surface area contributed by atoms with Crippen molar-refractivity contribution in [3.8, 4) is 5.69 Å². The fourth-order valence-corrected chi connectivity index (χ4v) is 9.38. The Bertz CT molecular complexity index is 2200. The fourth-order valence-electron chi connectivity index (χ4n) is 7.54. The van der Waals surface area contributed by atoms with Crippen molar-refractivity contribution < 1.29 is 4.33 Å². The zero-order chi connectivity index (χ0) is 35.7. The van der Waals surface area contributed by atoms with Gasteiger partial charge >= 0.3 is 4.75 Å². The summed E-state index contributed by atoms with van der Waals surface area (Å²) in [4.78, 5) is 13.8. The van der Waals surface area contributed by atoms with Crippen molar-refractivity contribution in [2.45, 2.75) is 70.6 Å². The van der Waals surface area contributed by atoms with E-state index in [-0.39, 0.29) is 5.41 Å². The van der Waals surface area contributed by atoms with E-state index in [1.807, 2.05) is 17.8 Å². The van der Waals surface area contributed by atoms with Gasteiger partial charge in [-0.2, -0.15) is 0 Å². The Morgan fingerprint density at radius 1 is 0.980 bits per heavy atom. The lowest BCUT2D eigenvalue weighted by atomic mass is 9.80. The van der Waals surface area contributed by atoms with Gasteiger partial charge in [-0.25, -0.2) is 0 Å². The highest BCUT2D eigenvalue weighted by molar-refractivity contribution is 8.16. The molecule has 1 aromatic heterocycles. The Balaban J connectivity index is 1.23. The minimum Gasteiger partial charge on any atom is -0.316 e. The lowest BCUT2D eigenvalue weighted by molar-refractivity contribution is 0.550. The molecule has 0 saturated carbocycles. The molecule has 0 saturated heterocycles. The predicted octanol–water partition coefficient (Wildman–Crippen LogP) is 13.2. The van der Waals surface area contributed by atoms with Gasteiger partial charge in [0.2, 0.25) is 12.0 Å². The van der Waals surface area contributed by atoms with Gasteiger partial charge in [0.25, 0.3) is 4.96 Å². The van der Waals surface area contributed by atoms with Crippen molar-refractivity contribution >= 4 is 51.3 Å². The number of fused-ring (bicyclic) bond motifs is 3. The first-order chi connectivity index (χ1) is 24.7. The molecule has 2 aliphatic heterocycles. The van der Waals surface area contributed by atoms with Gasteiger partial charge in [0.05, 0.1) is 4.90 Å². The normalized spacial score (nSPS) is 18.2. The maximum atomic E-state index is 10.5. The van der Waals surface area contributed by atoms with Crippen LogP contribution < -0.4 is 0 Å². The first-order valence-electron chi connectivity index (χ1n) is 17.4. The van der Waals surface area contributed by atoms with Crippen molar-refractivity contribution in [1.82, 2.24) is 4.57 Å². The average Bonchev–Trinajstić information content (AvgIpc) is 3.55. The van der Waals surface area contributed by atoms with E-state index in [9.17, 15) is 4.96 Å². The number of thioether (sulfide) groups is 1. The third-order valence-electron chi connectivity index (χ3n) is 10.1. The number of hydrogen-bond acceptors (Lipinski definition) is 4. The molecule has 4 nitrogen and oxygen atoms in total. The minimum absolute atomic E-state index is 0.274. The van der Waals surface area contributed by atoms with Gasteiger partial charge in [0.1, 0.15) is 0 Å². The number of halogens is 1. The zero-order valence-electron chi connectivity index (χ0n) is 29.6. The number of nitrogens with zero attached hydrogens (tertiary/aromatic N) is 1. The quantitative estimate of drug-likeness (QED) is 0.0744. The number of allylic oxidation sites excluding steroid dienone is 9. The molecule has 258 valence electrons. The van der Waals surface area contributed by atoms with Crippen LogP contribution in [0.2, 0.25) is 0 Å². The van der Waals surface area contributed by atoms with Gasteiger partial charge in [-0.15, -0.1) is 0 Å². The molecule has 3 aromatic carbocycles. The molecule has 51 heavy (non-hydrogen) atoms. The molecule has 3 aliphatic rings. The van der Waals surface area contributed by atoms with E-state index in [0.717, 1.165) is 53.2 Å². The van der Waals surface area contributed by atoms with Crippen molar-refractivity contribution in [2.75, 3.05) is 0 Å². The smallest absolute Gasteiger partial charge is 0.316 e. The van der Waals surface area contributed by atoms with E-state index >= 15 is 0 Å². The lowest BCUT2D eigenvalue weighted by Gasteiger charge is -2.22. The Labute approximate surface area is 314 Å². The summed E-state index contributed by atoms with van der Waals surface area (Å²) in [5, 5.41) is 0.852. The molecule has 0 fully saturated rings. The molecule has 0 bridgehead atoms. The zero-order valence-corrected chi connectivity index (χ0v) is 32.0. The number of benzene rings is 3. The van der Waals surface area contributed by atoms with E-state index in [1.54, 1.807) is 0 Å². The summed E-state index contributed by atoms with van der Waals surface area (Å²) < 4.78 is 10.7. The second-order valence-corrected chi connectivity index (χ2v) is 16.0. The molecule has 7 heteroatoms. The van der Waals surface area contributed by atoms with Crippen LogP contribution in [0.1, 0.15) is 84.8 Å². The van der Waals surface area contributed by atoms with Crippen LogP contribution in [0.5, 0.6) is 0 Å². The largest absolute Gasteiger partial charge is 0.391 e. The summed E-state index contributed by atoms with van der Waals surface area (Å²) in [5.74, 6) is 0. The minimum atomic E-state index is -0.274. The van der Waals surface area contributed by atoms with Gasteiger partial charge in [0, 0.05) is 47.2 Å². The summed E-state index contributed by atoms with van der Waals surface area (Å²) in [6.45, 7) is 11.1. The van der Waals surface area contributed by atoms with E-state index in [0.29, 0.717) is 0 Å². The van der Waals surface area contributed by atoms with E-state index in [4.69, 9.17) is 11.6 Å². The van der Waals surface area contributed by atoms with E-state index < -0.39 is 0 Å². The first-order valence-corrected chi connectivity index (χ1v) is 19.4. The standard InChI is InChI=1S/C44H41ClNO3S2/c1-6-38-29(3)36(43-44(4,5)37-27-35(51-49-48-47)22-23-39(37)46(38)43)26-34-17-11-16-33(42(34)45)15-10-12-30-24-40(31-13-8-7-9-14-31)50-41(25-30)32-20-18-28(2)19-21-32/h7-10,12-15,18-27H,6,11,16-17H2,1-5H3/q+1. The molecule has 1 aliphatic carbocycles.